The van der Waals surface area contributed by atoms with Crippen LogP contribution in [0.1, 0.15) is 11.1 Å². The molecule has 1 aliphatic heterocycles. The van der Waals surface area contributed by atoms with Crippen LogP contribution in [0.25, 0.3) is 0 Å². The molecule has 4 nitrogen and oxygen atoms in total. The molecule has 0 radical (unpaired) electrons. The highest BCUT2D eigenvalue weighted by atomic mass is 127. The van der Waals surface area contributed by atoms with Gasteiger partial charge in [0.25, 0.3) is 0 Å². The largest absolute Gasteiger partial charge is 0.488 e. The fourth-order valence-electron chi connectivity index (χ4n) is 2.85. The molecule has 2 N–H and O–H groups in total. The van der Waals surface area contributed by atoms with Gasteiger partial charge in [0.2, 0.25) is 0 Å². The van der Waals surface area contributed by atoms with Crippen LogP contribution in [0.15, 0.2) is 47.5 Å². The SMILES string of the molecule is CN=C(NCCc1cc(F)ccc1F)NCC1Cc2ccccc2O1.I. The van der Waals surface area contributed by atoms with Gasteiger partial charge in [0.05, 0.1) is 6.54 Å². The molecular formula is C19H22F2IN3O. The molecule has 1 atom stereocenters. The third-order valence-corrected chi connectivity index (χ3v) is 4.13. The minimum atomic E-state index is -0.433. The summed E-state index contributed by atoms with van der Waals surface area (Å²) in [5.74, 6) is 0.704. The van der Waals surface area contributed by atoms with Crippen molar-refractivity contribution in [2.45, 2.75) is 18.9 Å². The Morgan fingerprint density at radius 1 is 1.19 bits per heavy atom. The van der Waals surface area contributed by atoms with Crippen molar-refractivity contribution >= 4 is 29.9 Å². The van der Waals surface area contributed by atoms with Gasteiger partial charge >= 0.3 is 0 Å². The molecule has 0 saturated heterocycles. The Balaban J connectivity index is 0.00000243. The third-order valence-electron chi connectivity index (χ3n) is 4.13. The molecule has 0 spiro atoms. The Labute approximate surface area is 169 Å². The van der Waals surface area contributed by atoms with Crippen molar-refractivity contribution in [3.63, 3.8) is 0 Å². The second-order valence-corrected chi connectivity index (χ2v) is 5.92. The normalized spacial score (nSPS) is 15.7. The van der Waals surface area contributed by atoms with Gasteiger partial charge in [0.1, 0.15) is 23.5 Å². The summed E-state index contributed by atoms with van der Waals surface area (Å²) in [4.78, 5) is 4.14. The lowest BCUT2D eigenvalue weighted by atomic mass is 10.1. The quantitative estimate of drug-likeness (QED) is 0.398. The van der Waals surface area contributed by atoms with Crippen molar-refractivity contribution in [2.75, 3.05) is 20.1 Å². The molecule has 1 aliphatic rings. The smallest absolute Gasteiger partial charge is 0.191 e. The van der Waals surface area contributed by atoms with Crippen LogP contribution < -0.4 is 15.4 Å². The number of fused-ring (bicyclic) bond motifs is 1. The first kappa shape index (κ1) is 20.4. The van der Waals surface area contributed by atoms with Crippen molar-refractivity contribution in [2.24, 2.45) is 4.99 Å². The topological polar surface area (TPSA) is 45.7 Å². The van der Waals surface area contributed by atoms with E-state index in [2.05, 4.69) is 21.7 Å². The van der Waals surface area contributed by atoms with Gasteiger partial charge in [0, 0.05) is 20.0 Å². The minimum absolute atomic E-state index is 0. The van der Waals surface area contributed by atoms with Gasteiger partial charge in [-0.2, -0.15) is 0 Å². The molecule has 2 aromatic rings. The number of benzene rings is 2. The second-order valence-electron chi connectivity index (χ2n) is 5.92. The maximum absolute atomic E-state index is 13.6. The van der Waals surface area contributed by atoms with Crippen LogP contribution in [0.2, 0.25) is 0 Å². The first-order valence-corrected chi connectivity index (χ1v) is 8.28. The summed E-state index contributed by atoms with van der Waals surface area (Å²) in [7, 11) is 1.67. The van der Waals surface area contributed by atoms with Crippen molar-refractivity contribution in [1.29, 1.82) is 0 Å². The summed E-state index contributed by atoms with van der Waals surface area (Å²) < 4.78 is 32.6. The Morgan fingerprint density at radius 3 is 2.77 bits per heavy atom. The van der Waals surface area contributed by atoms with Crippen LogP contribution in [0.4, 0.5) is 8.78 Å². The molecule has 0 aromatic heterocycles. The maximum atomic E-state index is 13.6. The molecule has 1 unspecified atom stereocenters. The van der Waals surface area contributed by atoms with E-state index in [9.17, 15) is 8.78 Å². The number of rotatable bonds is 5. The molecule has 26 heavy (non-hydrogen) atoms. The van der Waals surface area contributed by atoms with E-state index in [1.165, 1.54) is 11.6 Å². The van der Waals surface area contributed by atoms with E-state index in [4.69, 9.17) is 4.74 Å². The number of ether oxygens (including phenoxy) is 1. The zero-order chi connectivity index (χ0) is 17.6. The standard InChI is InChI=1S/C19H21F2N3O.HI/c1-22-19(23-9-8-13-10-15(20)6-7-17(13)21)24-12-16-11-14-4-2-3-5-18(14)25-16;/h2-7,10,16H,8-9,11-12H2,1H3,(H2,22,23,24);1H. The number of nitrogens with zero attached hydrogens (tertiary/aromatic N) is 1. The van der Waals surface area contributed by atoms with E-state index in [1.54, 1.807) is 7.05 Å². The lowest BCUT2D eigenvalue weighted by Gasteiger charge is -2.15. The zero-order valence-electron chi connectivity index (χ0n) is 14.5. The molecule has 0 aliphatic carbocycles. The minimum Gasteiger partial charge on any atom is -0.488 e. The number of nitrogens with one attached hydrogen (secondary N) is 2. The van der Waals surface area contributed by atoms with Gasteiger partial charge in [-0.15, -0.1) is 24.0 Å². The average Bonchev–Trinajstić information content (AvgIpc) is 3.03. The molecule has 7 heteroatoms. The predicted octanol–water partition coefficient (Wildman–Crippen LogP) is 3.29. The fourth-order valence-corrected chi connectivity index (χ4v) is 2.85. The van der Waals surface area contributed by atoms with Crippen molar-refractivity contribution < 1.29 is 13.5 Å². The lowest BCUT2D eigenvalue weighted by Crippen LogP contribution is -2.42. The Morgan fingerprint density at radius 2 is 2.00 bits per heavy atom. The maximum Gasteiger partial charge on any atom is 0.191 e. The molecular weight excluding hydrogens is 451 g/mol. The number of para-hydroxylation sites is 1. The van der Waals surface area contributed by atoms with E-state index in [0.29, 0.717) is 31.0 Å². The molecule has 3 rings (SSSR count). The van der Waals surface area contributed by atoms with Crippen molar-refractivity contribution in [1.82, 2.24) is 10.6 Å². The lowest BCUT2D eigenvalue weighted by molar-refractivity contribution is 0.235. The number of hydrogen-bond acceptors (Lipinski definition) is 2. The van der Waals surface area contributed by atoms with Crippen LogP contribution in [0.5, 0.6) is 5.75 Å². The highest BCUT2D eigenvalue weighted by Crippen LogP contribution is 2.27. The van der Waals surface area contributed by atoms with Crippen LogP contribution in [-0.4, -0.2) is 32.2 Å². The number of halogens is 3. The van der Waals surface area contributed by atoms with Gasteiger partial charge in [-0.1, -0.05) is 18.2 Å². The van der Waals surface area contributed by atoms with E-state index in [1.807, 2.05) is 18.2 Å². The van der Waals surface area contributed by atoms with Crippen LogP contribution in [0.3, 0.4) is 0 Å². The highest BCUT2D eigenvalue weighted by Gasteiger charge is 2.22. The summed E-state index contributed by atoms with van der Waals surface area (Å²) in [5, 5.41) is 6.31. The first-order chi connectivity index (χ1) is 12.2. The van der Waals surface area contributed by atoms with Crippen molar-refractivity contribution in [3.8, 4) is 5.75 Å². The second kappa shape index (κ2) is 9.70. The number of aliphatic imine (C=N–C) groups is 1. The Kier molecular flexibility index (Phi) is 7.62. The first-order valence-electron chi connectivity index (χ1n) is 8.28. The fraction of sp³-hybridized carbons (Fsp3) is 0.316. The third kappa shape index (κ3) is 5.30. The van der Waals surface area contributed by atoms with Gasteiger partial charge in [-0.25, -0.2) is 8.78 Å². The van der Waals surface area contributed by atoms with E-state index in [-0.39, 0.29) is 30.1 Å². The molecule has 0 saturated carbocycles. The van der Waals surface area contributed by atoms with Crippen LogP contribution in [0, 0.1) is 11.6 Å². The van der Waals surface area contributed by atoms with Crippen molar-refractivity contribution in [3.05, 3.63) is 65.2 Å². The summed E-state index contributed by atoms with van der Waals surface area (Å²) in [5.41, 5.74) is 1.55. The molecule has 1 heterocycles. The number of hydrogen-bond donors (Lipinski definition) is 2. The zero-order valence-corrected chi connectivity index (χ0v) is 16.8. The van der Waals surface area contributed by atoms with E-state index < -0.39 is 11.6 Å². The molecule has 0 fully saturated rings. The number of guanidine groups is 1. The molecule has 0 amide bonds. The summed E-state index contributed by atoms with van der Waals surface area (Å²) in [6.07, 6.45) is 1.28. The van der Waals surface area contributed by atoms with Crippen LogP contribution >= 0.6 is 24.0 Å². The van der Waals surface area contributed by atoms with Gasteiger partial charge in [-0.05, 0) is 41.8 Å². The molecule has 0 bridgehead atoms. The molecule has 2 aromatic carbocycles. The van der Waals surface area contributed by atoms with E-state index >= 15 is 0 Å². The van der Waals surface area contributed by atoms with Crippen LogP contribution in [-0.2, 0) is 12.8 Å². The van der Waals surface area contributed by atoms with E-state index in [0.717, 1.165) is 24.3 Å². The predicted molar refractivity (Wildman–Crippen MR) is 109 cm³/mol. The summed E-state index contributed by atoms with van der Waals surface area (Å²) in [6.45, 7) is 1.06. The monoisotopic (exact) mass is 473 g/mol. The Bertz CT molecular complexity index is 745. The summed E-state index contributed by atoms with van der Waals surface area (Å²) >= 11 is 0. The highest BCUT2D eigenvalue weighted by molar-refractivity contribution is 14.0. The van der Waals surface area contributed by atoms with Gasteiger partial charge in [0.15, 0.2) is 5.96 Å². The van der Waals surface area contributed by atoms with Gasteiger partial charge in [-0.3, -0.25) is 4.99 Å². The van der Waals surface area contributed by atoms with Gasteiger partial charge < -0.3 is 15.4 Å². The average molecular weight is 473 g/mol. The summed E-state index contributed by atoms with van der Waals surface area (Å²) in [6, 6.07) is 11.5. The Hall–Kier alpha value is -1.90. The molecule has 140 valence electrons.